The van der Waals surface area contributed by atoms with Crippen LogP contribution >= 0.6 is 0 Å². The number of pyridine rings is 1. The summed E-state index contributed by atoms with van der Waals surface area (Å²) in [5.74, 6) is 0.823. The number of rotatable bonds is 4. The first kappa shape index (κ1) is 19.7. The highest BCUT2D eigenvalue weighted by Gasteiger charge is 2.33. The molecular formula is C20H21F3N4O2. The van der Waals surface area contributed by atoms with Gasteiger partial charge in [0.25, 0.3) is 0 Å². The summed E-state index contributed by atoms with van der Waals surface area (Å²) < 4.78 is 40.7. The Hall–Kier alpha value is -2.65. The molecule has 1 aromatic carbocycles. The smallest absolute Gasteiger partial charge is 0.340 e. The minimum atomic E-state index is -4.48. The van der Waals surface area contributed by atoms with Crippen LogP contribution in [0.1, 0.15) is 35.7 Å². The van der Waals surface area contributed by atoms with Crippen LogP contribution in [0.2, 0.25) is 0 Å². The van der Waals surface area contributed by atoms with E-state index in [4.69, 9.17) is 5.26 Å². The number of halogens is 3. The number of fused-ring (bicyclic) bond motifs is 1. The third-order valence-electron chi connectivity index (χ3n) is 5.58. The van der Waals surface area contributed by atoms with Crippen LogP contribution in [-0.2, 0) is 19.8 Å². The number of benzene rings is 1. The summed E-state index contributed by atoms with van der Waals surface area (Å²) in [6.07, 6.45) is -1.25. The second kappa shape index (κ2) is 7.64. The van der Waals surface area contributed by atoms with Crippen molar-refractivity contribution < 1.29 is 23.3 Å². The average molecular weight is 406 g/mol. The summed E-state index contributed by atoms with van der Waals surface area (Å²) in [4.78, 5) is 15.4. The first-order chi connectivity index (χ1) is 13.9. The van der Waals surface area contributed by atoms with Gasteiger partial charge in [-0.2, -0.15) is 13.2 Å². The quantitative estimate of drug-likeness (QED) is 0.519. The van der Waals surface area contributed by atoms with E-state index < -0.39 is 11.7 Å². The van der Waals surface area contributed by atoms with Crippen LogP contribution in [0.3, 0.4) is 0 Å². The summed E-state index contributed by atoms with van der Waals surface area (Å²) in [6, 6.07) is 7.16. The molecule has 3 heterocycles. The Bertz CT molecular complexity index is 1010. The molecule has 0 atom stereocenters. The third kappa shape index (κ3) is 3.92. The second-order valence-electron chi connectivity index (χ2n) is 7.33. The predicted molar refractivity (Wildman–Crippen MR) is 100 cm³/mol. The van der Waals surface area contributed by atoms with Crippen molar-refractivity contribution in [3.05, 3.63) is 53.5 Å². The van der Waals surface area contributed by atoms with E-state index in [9.17, 15) is 13.2 Å². The van der Waals surface area contributed by atoms with Crippen molar-refractivity contribution >= 4 is 11.2 Å². The summed E-state index contributed by atoms with van der Waals surface area (Å²) >= 11 is 0. The van der Waals surface area contributed by atoms with Gasteiger partial charge in [-0.3, -0.25) is 4.90 Å². The summed E-state index contributed by atoms with van der Waals surface area (Å²) in [5, 5.41) is 9.09. The van der Waals surface area contributed by atoms with Crippen LogP contribution in [0.4, 0.5) is 13.2 Å². The van der Waals surface area contributed by atoms with E-state index in [-0.39, 0.29) is 11.7 Å². The molecule has 0 spiro atoms. The Morgan fingerprint density at radius 2 is 1.97 bits per heavy atom. The summed E-state index contributed by atoms with van der Waals surface area (Å²) in [7, 11) is 1.96. The van der Waals surface area contributed by atoms with Gasteiger partial charge in [0.2, 0.25) is 0 Å². The van der Waals surface area contributed by atoms with Crippen molar-refractivity contribution in [2.75, 3.05) is 13.1 Å². The molecule has 0 unspecified atom stereocenters. The van der Waals surface area contributed by atoms with Gasteiger partial charge in [0.1, 0.15) is 5.82 Å². The van der Waals surface area contributed by atoms with E-state index in [1.165, 1.54) is 6.07 Å². The highest BCUT2D eigenvalue weighted by Crippen LogP contribution is 2.38. The Labute approximate surface area is 165 Å². The molecule has 1 N–H and O–H groups in total. The highest BCUT2D eigenvalue weighted by molar-refractivity contribution is 5.71. The highest BCUT2D eigenvalue weighted by atomic mass is 19.4. The zero-order chi connectivity index (χ0) is 20.6. The minimum absolute atomic E-state index is 0.0257. The maximum absolute atomic E-state index is 12.9. The van der Waals surface area contributed by atoms with Gasteiger partial charge in [-0.15, -0.1) is 0 Å². The van der Waals surface area contributed by atoms with E-state index in [0.29, 0.717) is 12.1 Å². The van der Waals surface area contributed by atoms with E-state index in [0.717, 1.165) is 55.1 Å². The van der Waals surface area contributed by atoms with Crippen molar-refractivity contribution in [1.29, 1.82) is 0 Å². The SMILES string of the molecule is Cn1c(CN2CCC(c3ccc(C(F)(F)F)cc3OO)CC2)nc2ncccc21. The maximum atomic E-state index is 12.9. The van der Waals surface area contributed by atoms with Crippen LogP contribution < -0.4 is 4.89 Å². The van der Waals surface area contributed by atoms with Gasteiger partial charge in [-0.1, -0.05) is 6.07 Å². The normalized spacial score (nSPS) is 16.4. The fraction of sp³-hybridized carbons (Fsp3) is 0.400. The lowest BCUT2D eigenvalue weighted by Gasteiger charge is -2.32. The molecule has 9 heteroatoms. The molecule has 6 nitrogen and oxygen atoms in total. The van der Waals surface area contributed by atoms with Gasteiger partial charge in [-0.25, -0.2) is 15.2 Å². The largest absolute Gasteiger partial charge is 0.416 e. The summed E-state index contributed by atoms with van der Waals surface area (Å²) in [5.41, 5.74) is 1.46. The van der Waals surface area contributed by atoms with Crippen LogP contribution in [0.5, 0.6) is 5.75 Å². The minimum Gasteiger partial charge on any atom is -0.340 e. The lowest BCUT2D eigenvalue weighted by atomic mass is 9.88. The lowest BCUT2D eigenvalue weighted by Crippen LogP contribution is -2.33. The Morgan fingerprint density at radius 1 is 1.21 bits per heavy atom. The standard InChI is InChI=1S/C20H21F3N4O2/c1-26-16-3-2-8-24-19(16)25-18(26)12-27-9-6-13(7-10-27)15-5-4-14(20(21,22)23)11-17(15)29-28/h2-5,8,11,13,28H,6-7,9-10,12H2,1H3. The molecule has 29 heavy (non-hydrogen) atoms. The molecule has 1 aliphatic rings. The van der Waals surface area contributed by atoms with Gasteiger partial charge in [-0.05, 0) is 56.1 Å². The first-order valence-corrected chi connectivity index (χ1v) is 9.38. The van der Waals surface area contributed by atoms with E-state index in [2.05, 4.69) is 19.8 Å². The molecule has 1 saturated heterocycles. The van der Waals surface area contributed by atoms with Crippen molar-refractivity contribution in [2.24, 2.45) is 7.05 Å². The Morgan fingerprint density at radius 3 is 2.62 bits per heavy atom. The fourth-order valence-corrected chi connectivity index (χ4v) is 3.94. The molecule has 1 fully saturated rings. The van der Waals surface area contributed by atoms with Gasteiger partial charge in [0.15, 0.2) is 11.4 Å². The Balaban J connectivity index is 1.45. The first-order valence-electron chi connectivity index (χ1n) is 9.38. The van der Waals surface area contributed by atoms with Crippen molar-refractivity contribution in [1.82, 2.24) is 19.4 Å². The molecule has 1 aliphatic heterocycles. The topological polar surface area (TPSA) is 63.4 Å². The number of hydrogen-bond donors (Lipinski definition) is 1. The molecule has 0 radical (unpaired) electrons. The van der Waals surface area contributed by atoms with Gasteiger partial charge >= 0.3 is 6.18 Å². The molecule has 0 bridgehead atoms. The average Bonchev–Trinajstić information content (AvgIpc) is 3.03. The van der Waals surface area contributed by atoms with Gasteiger partial charge < -0.3 is 9.45 Å². The molecule has 3 aromatic rings. The second-order valence-corrected chi connectivity index (χ2v) is 7.33. The van der Waals surface area contributed by atoms with E-state index >= 15 is 0 Å². The maximum Gasteiger partial charge on any atom is 0.416 e. The van der Waals surface area contributed by atoms with E-state index in [1.807, 2.05) is 23.7 Å². The number of piperidine rings is 1. The zero-order valence-electron chi connectivity index (χ0n) is 15.9. The number of alkyl halides is 3. The monoisotopic (exact) mass is 406 g/mol. The number of nitrogens with zero attached hydrogens (tertiary/aromatic N) is 4. The lowest BCUT2D eigenvalue weighted by molar-refractivity contribution is -0.144. The van der Waals surface area contributed by atoms with Crippen LogP contribution in [0, 0.1) is 0 Å². The number of likely N-dealkylation sites (tertiary alicyclic amines) is 1. The molecule has 154 valence electrons. The Kier molecular flexibility index (Phi) is 5.18. The number of aromatic nitrogens is 3. The third-order valence-corrected chi connectivity index (χ3v) is 5.58. The van der Waals surface area contributed by atoms with Gasteiger partial charge in [0.05, 0.1) is 17.6 Å². The zero-order valence-corrected chi connectivity index (χ0v) is 15.9. The van der Waals surface area contributed by atoms with Crippen LogP contribution in [-0.4, -0.2) is 37.8 Å². The number of hydrogen-bond acceptors (Lipinski definition) is 5. The molecule has 0 amide bonds. The number of aryl methyl sites for hydroxylation is 1. The van der Waals surface area contributed by atoms with Crippen molar-refractivity contribution in [3.8, 4) is 5.75 Å². The molecule has 0 saturated carbocycles. The van der Waals surface area contributed by atoms with Crippen LogP contribution in [0.25, 0.3) is 11.2 Å². The molecule has 2 aromatic heterocycles. The van der Waals surface area contributed by atoms with E-state index in [1.54, 1.807) is 6.20 Å². The van der Waals surface area contributed by atoms with Crippen LogP contribution in [0.15, 0.2) is 36.5 Å². The van der Waals surface area contributed by atoms with Gasteiger partial charge in [0, 0.05) is 18.8 Å². The van der Waals surface area contributed by atoms with Crippen molar-refractivity contribution in [2.45, 2.75) is 31.5 Å². The molecule has 0 aliphatic carbocycles. The predicted octanol–water partition coefficient (Wildman–Crippen LogP) is 4.22. The summed E-state index contributed by atoms with van der Waals surface area (Å²) in [6.45, 7) is 2.22. The number of imidazole rings is 1. The molecule has 4 rings (SSSR count). The molecular weight excluding hydrogens is 385 g/mol. The van der Waals surface area contributed by atoms with Crippen molar-refractivity contribution in [3.63, 3.8) is 0 Å². The fourth-order valence-electron chi connectivity index (χ4n) is 3.94.